The molecule has 1 aromatic rings. The van der Waals surface area contributed by atoms with Crippen LogP contribution in [0.5, 0.6) is 0 Å². The maximum Gasteiger partial charge on any atom is -0.0244 e. The van der Waals surface area contributed by atoms with Crippen molar-refractivity contribution in [3.05, 3.63) is 23.2 Å². The van der Waals surface area contributed by atoms with Crippen LogP contribution in [-0.4, -0.2) is 0 Å². The molecular formula is C10H17P. The summed E-state index contributed by atoms with van der Waals surface area (Å²) in [6, 6.07) is 4.47. The van der Waals surface area contributed by atoms with E-state index in [4.69, 9.17) is 0 Å². The van der Waals surface area contributed by atoms with Crippen LogP contribution in [0.15, 0.2) is 17.9 Å². The van der Waals surface area contributed by atoms with Crippen molar-refractivity contribution in [2.24, 2.45) is 0 Å². The molecule has 0 amide bonds. The highest BCUT2D eigenvalue weighted by molar-refractivity contribution is 7.30. The summed E-state index contributed by atoms with van der Waals surface area (Å²) < 4.78 is 0. The highest BCUT2D eigenvalue weighted by Crippen LogP contribution is 2.17. The SMILES string of the molecule is CCCCCCc1ccc[pH]1. The predicted octanol–water partition coefficient (Wildman–Crippen LogP) is 3.84. The van der Waals surface area contributed by atoms with E-state index in [-0.39, 0.29) is 0 Å². The third-order valence-corrected chi connectivity index (χ3v) is 3.11. The third-order valence-electron chi connectivity index (χ3n) is 1.96. The molecule has 11 heavy (non-hydrogen) atoms. The maximum atomic E-state index is 2.28. The topological polar surface area (TPSA) is 0 Å². The lowest BCUT2D eigenvalue weighted by atomic mass is 10.1. The Morgan fingerprint density at radius 1 is 1.27 bits per heavy atom. The van der Waals surface area contributed by atoms with Gasteiger partial charge in [-0.15, -0.1) is 8.19 Å². The first-order chi connectivity index (χ1) is 5.43. The van der Waals surface area contributed by atoms with E-state index in [1.807, 2.05) is 0 Å². The van der Waals surface area contributed by atoms with E-state index in [2.05, 4.69) is 24.9 Å². The summed E-state index contributed by atoms with van der Waals surface area (Å²) in [5, 5.41) is 1.65. The van der Waals surface area contributed by atoms with Gasteiger partial charge in [0.2, 0.25) is 0 Å². The first-order valence-electron chi connectivity index (χ1n) is 4.55. The first-order valence-corrected chi connectivity index (χ1v) is 5.63. The number of rotatable bonds is 5. The lowest BCUT2D eigenvalue weighted by molar-refractivity contribution is 0.670. The third kappa shape index (κ3) is 3.62. The lowest BCUT2D eigenvalue weighted by Gasteiger charge is -1.96. The van der Waals surface area contributed by atoms with Crippen molar-refractivity contribution in [1.29, 1.82) is 0 Å². The highest BCUT2D eigenvalue weighted by atomic mass is 31.0. The van der Waals surface area contributed by atoms with Gasteiger partial charge in [-0.05, 0) is 23.9 Å². The van der Waals surface area contributed by atoms with Gasteiger partial charge in [0.1, 0.15) is 0 Å². The van der Waals surface area contributed by atoms with Crippen LogP contribution in [-0.2, 0) is 6.42 Å². The molecule has 62 valence electrons. The van der Waals surface area contributed by atoms with E-state index in [9.17, 15) is 0 Å². The second-order valence-electron chi connectivity index (χ2n) is 3.01. The van der Waals surface area contributed by atoms with Crippen LogP contribution >= 0.6 is 8.19 Å². The van der Waals surface area contributed by atoms with Crippen molar-refractivity contribution in [3.8, 4) is 0 Å². The summed E-state index contributed by atoms with van der Waals surface area (Å²) in [6.07, 6.45) is 6.90. The smallest absolute Gasteiger partial charge is 0.0244 e. The van der Waals surface area contributed by atoms with Crippen LogP contribution in [0.1, 0.15) is 37.9 Å². The number of hydrogen-bond acceptors (Lipinski definition) is 0. The van der Waals surface area contributed by atoms with Crippen molar-refractivity contribution in [2.45, 2.75) is 39.0 Å². The quantitative estimate of drug-likeness (QED) is 0.586. The van der Waals surface area contributed by atoms with Crippen molar-refractivity contribution in [2.75, 3.05) is 0 Å². The molecule has 0 saturated carbocycles. The minimum Gasteiger partial charge on any atom is -0.137 e. The molecular weight excluding hydrogens is 151 g/mol. The Morgan fingerprint density at radius 2 is 2.18 bits per heavy atom. The van der Waals surface area contributed by atoms with Gasteiger partial charge >= 0.3 is 0 Å². The summed E-state index contributed by atoms with van der Waals surface area (Å²) in [6.45, 7) is 2.26. The van der Waals surface area contributed by atoms with Gasteiger partial charge in [-0.1, -0.05) is 38.3 Å². The van der Waals surface area contributed by atoms with Gasteiger partial charge in [-0.3, -0.25) is 0 Å². The molecule has 0 bridgehead atoms. The van der Waals surface area contributed by atoms with E-state index < -0.39 is 0 Å². The Hall–Kier alpha value is -0.220. The molecule has 1 atom stereocenters. The Bertz CT molecular complexity index is 165. The maximum absolute atomic E-state index is 2.28. The summed E-state index contributed by atoms with van der Waals surface area (Å²) in [5.41, 5.74) is 0. The largest absolute Gasteiger partial charge is 0.137 e. The number of hydrogen-bond donors (Lipinski definition) is 0. The molecule has 0 N–H and O–H groups in total. The van der Waals surface area contributed by atoms with Crippen LogP contribution in [0.4, 0.5) is 0 Å². The molecule has 1 aromatic heterocycles. The van der Waals surface area contributed by atoms with Gasteiger partial charge in [0.15, 0.2) is 0 Å². The molecule has 0 nitrogen and oxygen atoms in total. The molecule has 0 aromatic carbocycles. The highest BCUT2D eigenvalue weighted by Gasteiger charge is 1.91. The van der Waals surface area contributed by atoms with Gasteiger partial charge < -0.3 is 0 Å². The molecule has 1 unspecified atom stereocenters. The second kappa shape index (κ2) is 5.43. The van der Waals surface area contributed by atoms with E-state index in [0.29, 0.717) is 0 Å². The van der Waals surface area contributed by atoms with Gasteiger partial charge in [-0.2, -0.15) is 0 Å². The molecule has 0 radical (unpaired) electrons. The summed E-state index contributed by atoms with van der Waals surface area (Å²) in [4.78, 5) is 0. The normalized spacial score (nSPS) is 11.0. The average molecular weight is 168 g/mol. The monoisotopic (exact) mass is 168 g/mol. The predicted molar refractivity (Wildman–Crippen MR) is 53.8 cm³/mol. The van der Waals surface area contributed by atoms with E-state index in [1.54, 1.807) is 5.30 Å². The zero-order valence-corrected chi connectivity index (χ0v) is 8.27. The Kier molecular flexibility index (Phi) is 4.38. The summed E-state index contributed by atoms with van der Waals surface area (Å²) >= 11 is 0. The van der Waals surface area contributed by atoms with Gasteiger partial charge in [-0.25, -0.2) is 0 Å². The molecule has 1 heterocycles. The van der Waals surface area contributed by atoms with Crippen molar-refractivity contribution in [3.63, 3.8) is 0 Å². The van der Waals surface area contributed by atoms with Crippen LogP contribution in [0.2, 0.25) is 0 Å². The zero-order chi connectivity index (χ0) is 7.94. The minimum atomic E-state index is 0.992. The molecule has 1 heteroatoms. The molecule has 0 saturated heterocycles. The summed E-state index contributed by atoms with van der Waals surface area (Å²) in [7, 11) is 0.992. The summed E-state index contributed by atoms with van der Waals surface area (Å²) in [5.74, 6) is 2.27. The Morgan fingerprint density at radius 3 is 2.82 bits per heavy atom. The van der Waals surface area contributed by atoms with E-state index in [1.165, 1.54) is 32.1 Å². The van der Waals surface area contributed by atoms with Crippen LogP contribution in [0.3, 0.4) is 0 Å². The zero-order valence-electron chi connectivity index (χ0n) is 7.27. The van der Waals surface area contributed by atoms with Crippen LogP contribution in [0, 0.1) is 0 Å². The first kappa shape index (κ1) is 8.87. The molecule has 0 aliphatic heterocycles. The number of unbranched alkanes of at least 4 members (excludes halogenated alkanes) is 3. The fraction of sp³-hybridized carbons (Fsp3) is 0.600. The van der Waals surface area contributed by atoms with Crippen LogP contribution in [0.25, 0.3) is 0 Å². The van der Waals surface area contributed by atoms with Gasteiger partial charge in [0, 0.05) is 0 Å². The molecule has 0 aliphatic carbocycles. The van der Waals surface area contributed by atoms with Crippen molar-refractivity contribution < 1.29 is 0 Å². The molecule has 0 spiro atoms. The van der Waals surface area contributed by atoms with E-state index in [0.717, 1.165) is 8.19 Å². The standard InChI is InChI=1S/C10H17P/c1-2-3-4-5-7-10-8-6-9-11-10/h6,8-9,11H,2-5,7H2,1H3. The van der Waals surface area contributed by atoms with Gasteiger partial charge in [0.05, 0.1) is 0 Å². The van der Waals surface area contributed by atoms with Gasteiger partial charge in [0.25, 0.3) is 0 Å². The van der Waals surface area contributed by atoms with Crippen molar-refractivity contribution in [1.82, 2.24) is 0 Å². The Balaban J connectivity index is 2.04. The minimum absolute atomic E-state index is 0.992. The lowest BCUT2D eigenvalue weighted by Crippen LogP contribution is -1.79. The second-order valence-corrected chi connectivity index (χ2v) is 4.27. The molecule has 1 rings (SSSR count). The average Bonchev–Trinajstić information content (AvgIpc) is 2.50. The van der Waals surface area contributed by atoms with Crippen LogP contribution < -0.4 is 0 Å². The Labute approximate surface area is 71.1 Å². The fourth-order valence-corrected chi connectivity index (χ4v) is 2.19. The number of aryl methyl sites for hydroxylation is 1. The van der Waals surface area contributed by atoms with Crippen molar-refractivity contribution >= 4 is 8.19 Å². The fourth-order valence-electron chi connectivity index (χ4n) is 1.27. The molecule has 0 fully saturated rings. The van der Waals surface area contributed by atoms with E-state index >= 15 is 0 Å². The molecule has 0 aliphatic rings.